The van der Waals surface area contributed by atoms with Crippen molar-refractivity contribution >= 4 is 17.5 Å². The molecule has 0 aliphatic rings. The predicted molar refractivity (Wildman–Crippen MR) is 71.5 cm³/mol. The molecule has 0 radical (unpaired) electrons. The monoisotopic (exact) mass is 247 g/mol. The maximum absolute atomic E-state index is 11.5. The van der Waals surface area contributed by atoms with Crippen molar-refractivity contribution in [3.8, 4) is 0 Å². The first-order chi connectivity index (χ1) is 8.67. The van der Waals surface area contributed by atoms with Crippen molar-refractivity contribution < 1.29 is 9.59 Å². The Morgan fingerprint density at radius 3 is 2.83 bits per heavy atom. The smallest absolute Gasteiger partial charge is 0.251 e. The van der Waals surface area contributed by atoms with Crippen LogP contribution in [0, 0.1) is 0 Å². The lowest BCUT2D eigenvalue weighted by Gasteiger charge is -2.07. The number of carbonyl (C=O) groups excluding carboxylic acids is 2. The van der Waals surface area contributed by atoms with Crippen molar-refractivity contribution in [2.24, 2.45) is 0 Å². The molecule has 0 unspecified atom stereocenters. The van der Waals surface area contributed by atoms with Gasteiger partial charge in [-0.15, -0.1) is 6.58 Å². The predicted octanol–water partition coefficient (Wildman–Crippen LogP) is 0.760. The third-order valence-corrected chi connectivity index (χ3v) is 2.21. The van der Waals surface area contributed by atoms with E-state index < -0.39 is 0 Å². The number of rotatable bonds is 6. The average molecular weight is 247 g/mol. The summed E-state index contributed by atoms with van der Waals surface area (Å²) in [5.74, 6) is -0.346. The van der Waals surface area contributed by atoms with Crippen LogP contribution in [0.1, 0.15) is 10.4 Å². The van der Waals surface area contributed by atoms with E-state index in [-0.39, 0.29) is 18.4 Å². The number of amides is 2. The van der Waals surface area contributed by atoms with Gasteiger partial charge in [0.1, 0.15) is 0 Å². The van der Waals surface area contributed by atoms with Gasteiger partial charge in [0.25, 0.3) is 5.91 Å². The number of hydrogen-bond acceptors (Lipinski definition) is 3. The largest absolute Gasteiger partial charge is 0.355 e. The molecular weight excluding hydrogens is 230 g/mol. The Balaban J connectivity index is 2.59. The standard InChI is InChI=1S/C13H17N3O2/c1-3-7-15-9-12(17)16-11-6-4-5-10(8-11)13(18)14-2/h3-6,8,15H,1,7,9H2,2H3,(H,14,18)(H,16,17). The molecule has 1 aromatic rings. The molecule has 3 N–H and O–H groups in total. The number of nitrogens with one attached hydrogen (secondary N) is 3. The third-order valence-electron chi connectivity index (χ3n) is 2.21. The van der Waals surface area contributed by atoms with Crippen LogP contribution < -0.4 is 16.0 Å². The molecule has 0 spiro atoms. The molecule has 0 heterocycles. The lowest BCUT2D eigenvalue weighted by Crippen LogP contribution is -2.28. The van der Waals surface area contributed by atoms with Crippen LogP contribution in [-0.4, -0.2) is 32.0 Å². The van der Waals surface area contributed by atoms with Crippen molar-refractivity contribution in [1.82, 2.24) is 10.6 Å². The second-order valence-corrected chi connectivity index (χ2v) is 3.63. The topological polar surface area (TPSA) is 70.2 Å². The van der Waals surface area contributed by atoms with E-state index in [0.29, 0.717) is 17.8 Å². The molecule has 0 aliphatic heterocycles. The molecule has 2 amide bonds. The van der Waals surface area contributed by atoms with Gasteiger partial charge in [-0.2, -0.15) is 0 Å². The number of carbonyl (C=O) groups is 2. The summed E-state index contributed by atoms with van der Waals surface area (Å²) in [7, 11) is 1.56. The van der Waals surface area contributed by atoms with Crippen LogP contribution in [-0.2, 0) is 4.79 Å². The van der Waals surface area contributed by atoms with Crippen LogP contribution in [0.25, 0.3) is 0 Å². The van der Waals surface area contributed by atoms with E-state index in [1.54, 1.807) is 37.4 Å². The summed E-state index contributed by atoms with van der Waals surface area (Å²) in [6.45, 7) is 4.32. The van der Waals surface area contributed by atoms with E-state index in [1.807, 2.05) is 0 Å². The highest BCUT2D eigenvalue weighted by Crippen LogP contribution is 2.10. The van der Waals surface area contributed by atoms with Crippen LogP contribution in [0.5, 0.6) is 0 Å². The van der Waals surface area contributed by atoms with E-state index in [1.165, 1.54) is 0 Å². The molecule has 1 rings (SSSR count). The zero-order chi connectivity index (χ0) is 13.4. The van der Waals surface area contributed by atoms with Gasteiger partial charge in [-0.1, -0.05) is 12.1 Å². The lowest BCUT2D eigenvalue weighted by atomic mass is 10.2. The second kappa shape index (κ2) is 7.24. The maximum Gasteiger partial charge on any atom is 0.251 e. The summed E-state index contributed by atoms with van der Waals surface area (Å²) >= 11 is 0. The Morgan fingerprint density at radius 1 is 1.39 bits per heavy atom. The molecule has 0 fully saturated rings. The molecule has 0 aliphatic carbocycles. The van der Waals surface area contributed by atoms with Crippen molar-refractivity contribution in [3.05, 3.63) is 42.5 Å². The van der Waals surface area contributed by atoms with E-state index in [4.69, 9.17) is 0 Å². The first-order valence-corrected chi connectivity index (χ1v) is 5.61. The molecular formula is C13H17N3O2. The molecule has 1 aromatic carbocycles. The summed E-state index contributed by atoms with van der Waals surface area (Å²) in [5, 5.41) is 8.13. The van der Waals surface area contributed by atoms with Crippen LogP contribution in [0.4, 0.5) is 5.69 Å². The van der Waals surface area contributed by atoms with E-state index in [2.05, 4.69) is 22.5 Å². The molecule has 0 saturated carbocycles. The van der Waals surface area contributed by atoms with Gasteiger partial charge < -0.3 is 16.0 Å². The molecule has 0 bridgehead atoms. The van der Waals surface area contributed by atoms with Gasteiger partial charge in [0.05, 0.1) is 6.54 Å². The molecule has 5 nitrogen and oxygen atoms in total. The van der Waals surface area contributed by atoms with Gasteiger partial charge >= 0.3 is 0 Å². The molecule has 18 heavy (non-hydrogen) atoms. The second-order valence-electron chi connectivity index (χ2n) is 3.63. The highest BCUT2D eigenvalue weighted by atomic mass is 16.2. The summed E-state index contributed by atoms with van der Waals surface area (Å²) in [5.41, 5.74) is 1.11. The first-order valence-electron chi connectivity index (χ1n) is 5.61. The number of anilines is 1. The summed E-state index contributed by atoms with van der Waals surface area (Å²) in [6, 6.07) is 6.77. The van der Waals surface area contributed by atoms with E-state index in [0.717, 1.165) is 0 Å². The van der Waals surface area contributed by atoms with Gasteiger partial charge in [0, 0.05) is 24.8 Å². The Kier molecular flexibility index (Phi) is 5.60. The third kappa shape index (κ3) is 4.39. The van der Waals surface area contributed by atoms with Crippen molar-refractivity contribution in [2.45, 2.75) is 0 Å². The highest BCUT2D eigenvalue weighted by Gasteiger charge is 2.05. The Labute approximate surface area is 106 Å². The zero-order valence-electron chi connectivity index (χ0n) is 10.3. The minimum absolute atomic E-state index is 0.161. The van der Waals surface area contributed by atoms with Gasteiger partial charge in [-0.25, -0.2) is 0 Å². The molecule has 0 aromatic heterocycles. The fourth-order valence-electron chi connectivity index (χ4n) is 1.38. The van der Waals surface area contributed by atoms with Gasteiger partial charge in [0.15, 0.2) is 0 Å². The van der Waals surface area contributed by atoms with Crippen molar-refractivity contribution in [1.29, 1.82) is 0 Å². The minimum atomic E-state index is -0.184. The fraction of sp³-hybridized carbons (Fsp3) is 0.231. The molecule has 0 saturated heterocycles. The Hall–Kier alpha value is -2.14. The van der Waals surface area contributed by atoms with Crippen molar-refractivity contribution in [2.75, 3.05) is 25.5 Å². The Morgan fingerprint density at radius 2 is 2.17 bits per heavy atom. The summed E-state index contributed by atoms with van der Waals surface area (Å²) in [4.78, 5) is 22.9. The van der Waals surface area contributed by atoms with E-state index >= 15 is 0 Å². The van der Waals surface area contributed by atoms with Crippen LogP contribution in [0.15, 0.2) is 36.9 Å². The van der Waals surface area contributed by atoms with Crippen molar-refractivity contribution in [3.63, 3.8) is 0 Å². The molecule has 96 valence electrons. The zero-order valence-corrected chi connectivity index (χ0v) is 10.3. The number of benzene rings is 1. The maximum atomic E-state index is 11.5. The number of hydrogen-bond donors (Lipinski definition) is 3. The fourth-order valence-corrected chi connectivity index (χ4v) is 1.38. The summed E-state index contributed by atoms with van der Waals surface area (Å²) in [6.07, 6.45) is 1.68. The normalized spacial score (nSPS) is 9.61. The SMILES string of the molecule is C=CCNCC(=O)Nc1cccc(C(=O)NC)c1. The minimum Gasteiger partial charge on any atom is -0.355 e. The summed E-state index contributed by atoms with van der Waals surface area (Å²) < 4.78 is 0. The first kappa shape index (κ1) is 13.9. The lowest BCUT2D eigenvalue weighted by molar-refractivity contribution is -0.115. The van der Waals surface area contributed by atoms with Gasteiger partial charge in [-0.05, 0) is 18.2 Å². The van der Waals surface area contributed by atoms with E-state index in [9.17, 15) is 9.59 Å². The van der Waals surface area contributed by atoms with Gasteiger partial charge in [-0.3, -0.25) is 9.59 Å². The Bertz CT molecular complexity index is 444. The average Bonchev–Trinajstić information content (AvgIpc) is 2.38. The van der Waals surface area contributed by atoms with Crippen LogP contribution in [0.2, 0.25) is 0 Å². The van der Waals surface area contributed by atoms with Gasteiger partial charge in [0.2, 0.25) is 5.91 Å². The van der Waals surface area contributed by atoms with Crippen LogP contribution >= 0.6 is 0 Å². The highest BCUT2D eigenvalue weighted by molar-refractivity contribution is 5.97. The molecule has 5 heteroatoms. The quantitative estimate of drug-likeness (QED) is 0.513. The molecule has 0 atom stereocenters. The van der Waals surface area contributed by atoms with Crippen LogP contribution in [0.3, 0.4) is 0 Å².